The summed E-state index contributed by atoms with van der Waals surface area (Å²) in [5.41, 5.74) is 0.832. The molecule has 8 heteroatoms. The number of amides is 1. The zero-order valence-electron chi connectivity index (χ0n) is 10.4. The van der Waals surface area contributed by atoms with Crippen molar-refractivity contribution in [3.63, 3.8) is 0 Å². The monoisotopic (exact) mass is 314 g/mol. The van der Waals surface area contributed by atoms with E-state index in [9.17, 15) is 17.6 Å². The van der Waals surface area contributed by atoms with Crippen molar-refractivity contribution in [2.24, 2.45) is 5.14 Å². The third kappa shape index (κ3) is 3.21. The smallest absolute Gasteiger partial charge is 0.265 e. The SMILES string of the molecule is Cc1cc(NC(=O)c2cc(S(N)(=O)=O)cs2)ccc1F. The highest BCUT2D eigenvalue weighted by Gasteiger charge is 2.15. The second-order valence-corrected chi connectivity index (χ2v) is 6.58. The lowest BCUT2D eigenvalue weighted by Crippen LogP contribution is -2.12. The summed E-state index contributed by atoms with van der Waals surface area (Å²) in [6.45, 7) is 1.58. The highest BCUT2D eigenvalue weighted by molar-refractivity contribution is 7.89. The Kier molecular flexibility index (Phi) is 3.89. The Morgan fingerprint density at radius 2 is 2.05 bits per heavy atom. The fourth-order valence-electron chi connectivity index (χ4n) is 1.50. The van der Waals surface area contributed by atoms with Gasteiger partial charge in [0, 0.05) is 11.1 Å². The molecule has 0 fully saturated rings. The van der Waals surface area contributed by atoms with Crippen molar-refractivity contribution in [3.8, 4) is 0 Å². The molecule has 0 saturated heterocycles. The minimum atomic E-state index is -3.82. The largest absolute Gasteiger partial charge is 0.321 e. The molecule has 2 aromatic rings. The van der Waals surface area contributed by atoms with Crippen LogP contribution in [0, 0.1) is 12.7 Å². The molecule has 1 aromatic heterocycles. The van der Waals surface area contributed by atoms with Crippen molar-refractivity contribution in [2.45, 2.75) is 11.8 Å². The number of aryl methyl sites for hydroxylation is 1. The molecule has 0 radical (unpaired) electrons. The van der Waals surface area contributed by atoms with Crippen molar-refractivity contribution < 1.29 is 17.6 Å². The lowest BCUT2D eigenvalue weighted by molar-refractivity contribution is 0.103. The Hall–Kier alpha value is -1.77. The number of sulfonamides is 1. The van der Waals surface area contributed by atoms with E-state index in [1.165, 1.54) is 29.6 Å². The predicted octanol–water partition coefficient (Wildman–Crippen LogP) is 2.10. The fourth-order valence-corrected chi connectivity index (χ4v) is 3.20. The van der Waals surface area contributed by atoms with Gasteiger partial charge in [-0.05, 0) is 36.8 Å². The molecule has 0 bridgehead atoms. The Morgan fingerprint density at radius 3 is 2.60 bits per heavy atom. The summed E-state index contributed by atoms with van der Waals surface area (Å²) in [5.74, 6) is -0.841. The fraction of sp³-hybridized carbons (Fsp3) is 0.0833. The van der Waals surface area contributed by atoms with Crippen LogP contribution in [0.5, 0.6) is 0 Å². The first-order chi connectivity index (χ1) is 9.27. The minimum Gasteiger partial charge on any atom is -0.321 e. The Morgan fingerprint density at radius 1 is 1.35 bits per heavy atom. The number of halogens is 1. The number of nitrogens with two attached hydrogens (primary N) is 1. The summed E-state index contributed by atoms with van der Waals surface area (Å²) in [7, 11) is -3.82. The number of primary sulfonamides is 1. The van der Waals surface area contributed by atoms with Crippen molar-refractivity contribution in [1.82, 2.24) is 0 Å². The van der Waals surface area contributed by atoms with E-state index in [0.29, 0.717) is 11.3 Å². The summed E-state index contributed by atoms with van der Waals surface area (Å²) in [5, 5.41) is 8.82. The van der Waals surface area contributed by atoms with E-state index in [4.69, 9.17) is 5.14 Å². The number of carbonyl (C=O) groups excluding carboxylic acids is 1. The lowest BCUT2D eigenvalue weighted by Gasteiger charge is -2.05. The minimum absolute atomic E-state index is 0.108. The van der Waals surface area contributed by atoms with E-state index in [0.717, 1.165) is 11.3 Å². The second kappa shape index (κ2) is 5.31. The summed E-state index contributed by atoms with van der Waals surface area (Å²) in [6.07, 6.45) is 0. The molecule has 0 unspecified atom stereocenters. The zero-order chi connectivity index (χ0) is 14.9. The van der Waals surface area contributed by atoms with E-state index in [2.05, 4.69) is 5.32 Å². The first kappa shape index (κ1) is 14.6. The number of nitrogens with one attached hydrogen (secondary N) is 1. The molecule has 5 nitrogen and oxygen atoms in total. The van der Waals surface area contributed by atoms with Gasteiger partial charge >= 0.3 is 0 Å². The molecule has 0 spiro atoms. The van der Waals surface area contributed by atoms with Crippen LogP contribution in [-0.2, 0) is 10.0 Å². The van der Waals surface area contributed by atoms with E-state index < -0.39 is 15.9 Å². The molecule has 0 aliphatic rings. The molecular weight excluding hydrogens is 303 g/mol. The Bertz CT molecular complexity index is 769. The number of rotatable bonds is 3. The van der Waals surface area contributed by atoms with Crippen molar-refractivity contribution >= 4 is 33.0 Å². The quantitative estimate of drug-likeness (QED) is 0.909. The molecule has 1 amide bonds. The maximum Gasteiger partial charge on any atom is 0.265 e. The van der Waals surface area contributed by atoms with Crippen LogP contribution < -0.4 is 10.5 Å². The number of thiophene rings is 1. The first-order valence-electron chi connectivity index (χ1n) is 5.46. The van der Waals surface area contributed by atoms with Crippen molar-refractivity contribution in [3.05, 3.63) is 45.9 Å². The molecule has 2 rings (SSSR count). The second-order valence-electron chi connectivity index (χ2n) is 4.11. The van der Waals surface area contributed by atoms with Crippen LogP contribution in [0.3, 0.4) is 0 Å². The van der Waals surface area contributed by atoms with Gasteiger partial charge in [-0.15, -0.1) is 11.3 Å². The molecule has 0 atom stereocenters. The van der Waals surface area contributed by atoms with Gasteiger partial charge in [0.25, 0.3) is 5.91 Å². The van der Waals surface area contributed by atoms with Gasteiger partial charge in [0.05, 0.1) is 9.77 Å². The zero-order valence-corrected chi connectivity index (χ0v) is 12.0. The first-order valence-corrected chi connectivity index (χ1v) is 7.89. The Balaban J connectivity index is 2.20. The van der Waals surface area contributed by atoms with Crippen LogP contribution in [0.2, 0.25) is 0 Å². The Labute approximate surface area is 119 Å². The van der Waals surface area contributed by atoms with Crippen LogP contribution in [-0.4, -0.2) is 14.3 Å². The van der Waals surface area contributed by atoms with Gasteiger partial charge in [0.2, 0.25) is 10.0 Å². The molecular formula is C12H11FN2O3S2. The molecule has 0 aliphatic heterocycles. The van der Waals surface area contributed by atoms with Gasteiger partial charge in [-0.3, -0.25) is 4.79 Å². The van der Waals surface area contributed by atoms with Gasteiger partial charge in [0.15, 0.2) is 0 Å². The molecule has 3 N–H and O–H groups in total. The molecule has 1 heterocycles. The average Bonchev–Trinajstić information content (AvgIpc) is 2.83. The molecule has 20 heavy (non-hydrogen) atoms. The highest BCUT2D eigenvalue weighted by Crippen LogP contribution is 2.20. The van der Waals surface area contributed by atoms with Crippen molar-refractivity contribution in [1.29, 1.82) is 0 Å². The summed E-state index contributed by atoms with van der Waals surface area (Å²) < 4.78 is 35.3. The van der Waals surface area contributed by atoms with E-state index in [-0.39, 0.29) is 15.6 Å². The third-order valence-corrected chi connectivity index (χ3v) is 4.51. The van der Waals surface area contributed by atoms with Crippen LogP contribution >= 0.6 is 11.3 Å². The number of anilines is 1. The van der Waals surface area contributed by atoms with Crippen molar-refractivity contribution in [2.75, 3.05) is 5.32 Å². The van der Waals surface area contributed by atoms with E-state index in [1.54, 1.807) is 6.92 Å². The number of hydrogen-bond donors (Lipinski definition) is 2. The molecule has 0 aliphatic carbocycles. The van der Waals surface area contributed by atoms with E-state index in [1.807, 2.05) is 0 Å². The maximum atomic E-state index is 13.1. The molecule has 0 saturated carbocycles. The highest BCUT2D eigenvalue weighted by atomic mass is 32.2. The van der Waals surface area contributed by atoms with Gasteiger partial charge in [0.1, 0.15) is 5.82 Å². The third-order valence-electron chi connectivity index (χ3n) is 2.54. The standard InChI is InChI=1S/C12H11FN2O3S2/c1-7-4-8(2-3-10(7)13)15-12(16)11-5-9(6-19-11)20(14,17)18/h2-6H,1H3,(H,15,16)(H2,14,17,18). The maximum absolute atomic E-state index is 13.1. The summed E-state index contributed by atoms with van der Waals surface area (Å²) >= 11 is 0.966. The van der Waals surface area contributed by atoms with Gasteiger partial charge in [-0.25, -0.2) is 17.9 Å². The molecule has 1 aromatic carbocycles. The summed E-state index contributed by atoms with van der Waals surface area (Å²) in [6, 6.07) is 5.36. The van der Waals surface area contributed by atoms with Crippen LogP contribution in [0.1, 0.15) is 15.2 Å². The number of carbonyl (C=O) groups is 1. The normalized spacial score (nSPS) is 11.3. The van der Waals surface area contributed by atoms with Crippen LogP contribution in [0.4, 0.5) is 10.1 Å². The van der Waals surface area contributed by atoms with Crippen LogP contribution in [0.15, 0.2) is 34.5 Å². The van der Waals surface area contributed by atoms with E-state index >= 15 is 0 Å². The average molecular weight is 314 g/mol. The van der Waals surface area contributed by atoms with Crippen LogP contribution in [0.25, 0.3) is 0 Å². The number of hydrogen-bond acceptors (Lipinski definition) is 4. The lowest BCUT2D eigenvalue weighted by atomic mass is 10.2. The van der Waals surface area contributed by atoms with Gasteiger partial charge in [-0.1, -0.05) is 0 Å². The van der Waals surface area contributed by atoms with Gasteiger partial charge < -0.3 is 5.32 Å². The van der Waals surface area contributed by atoms with Gasteiger partial charge in [-0.2, -0.15) is 0 Å². The topological polar surface area (TPSA) is 89.3 Å². The predicted molar refractivity (Wildman–Crippen MR) is 74.8 cm³/mol. The number of benzene rings is 1. The molecule has 106 valence electrons. The summed E-state index contributed by atoms with van der Waals surface area (Å²) in [4.78, 5) is 12.0.